The van der Waals surface area contributed by atoms with Gasteiger partial charge in [0.05, 0.1) is 12.2 Å². The Morgan fingerprint density at radius 2 is 2.00 bits per heavy atom. The highest BCUT2D eigenvalue weighted by molar-refractivity contribution is 5.70. The van der Waals surface area contributed by atoms with Crippen LogP contribution >= 0.6 is 0 Å². The summed E-state index contributed by atoms with van der Waals surface area (Å²) < 4.78 is 19.3. The Morgan fingerprint density at radius 1 is 1.32 bits per heavy atom. The molecular formula is C17H23FN2O2. The SMILES string of the molecule is CC(C)(C)OC(=O)NC1=C(F)CN(Cc2ccccc2)CC1. The summed E-state index contributed by atoms with van der Waals surface area (Å²) in [6.07, 6.45) is -0.132. The van der Waals surface area contributed by atoms with Crippen LogP contribution in [-0.4, -0.2) is 29.7 Å². The molecule has 0 atom stereocenters. The van der Waals surface area contributed by atoms with E-state index >= 15 is 0 Å². The fourth-order valence-corrected chi connectivity index (χ4v) is 2.31. The van der Waals surface area contributed by atoms with Crippen LogP contribution in [0.2, 0.25) is 0 Å². The van der Waals surface area contributed by atoms with Crippen molar-refractivity contribution >= 4 is 6.09 Å². The standard InChI is InChI=1S/C17H23FN2O2/c1-17(2,3)22-16(21)19-15-9-10-20(12-14(15)18)11-13-7-5-4-6-8-13/h4-8H,9-12H2,1-3H3,(H,19,21). The number of halogens is 1. The van der Waals surface area contributed by atoms with Crippen LogP contribution in [0.1, 0.15) is 32.8 Å². The Kier molecular flexibility index (Phi) is 5.19. The molecular weight excluding hydrogens is 283 g/mol. The van der Waals surface area contributed by atoms with E-state index in [1.54, 1.807) is 20.8 Å². The van der Waals surface area contributed by atoms with Gasteiger partial charge in [0.1, 0.15) is 11.4 Å². The van der Waals surface area contributed by atoms with Crippen molar-refractivity contribution in [1.82, 2.24) is 10.2 Å². The molecule has 0 radical (unpaired) electrons. The third kappa shape index (κ3) is 5.15. The first-order chi connectivity index (χ1) is 10.3. The first kappa shape index (κ1) is 16.5. The minimum atomic E-state index is -0.603. The molecule has 1 aromatic carbocycles. The molecule has 0 saturated heterocycles. The van der Waals surface area contributed by atoms with Crippen LogP contribution < -0.4 is 5.32 Å². The molecule has 1 aromatic rings. The minimum Gasteiger partial charge on any atom is -0.444 e. The van der Waals surface area contributed by atoms with Gasteiger partial charge in [0.2, 0.25) is 0 Å². The van der Waals surface area contributed by atoms with Crippen molar-refractivity contribution in [3.05, 3.63) is 47.4 Å². The molecule has 0 unspecified atom stereocenters. The van der Waals surface area contributed by atoms with Gasteiger partial charge in [-0.15, -0.1) is 0 Å². The summed E-state index contributed by atoms with van der Waals surface area (Å²) >= 11 is 0. The summed E-state index contributed by atoms with van der Waals surface area (Å²) in [5, 5.41) is 2.53. The number of carbonyl (C=O) groups is 1. The second-order valence-electron chi connectivity index (χ2n) is 6.46. The summed E-state index contributed by atoms with van der Waals surface area (Å²) in [7, 11) is 0. The van der Waals surface area contributed by atoms with E-state index in [-0.39, 0.29) is 12.4 Å². The Balaban J connectivity index is 1.91. The smallest absolute Gasteiger partial charge is 0.411 e. The lowest BCUT2D eigenvalue weighted by atomic mass is 10.1. The van der Waals surface area contributed by atoms with Crippen molar-refractivity contribution in [1.29, 1.82) is 0 Å². The lowest BCUT2D eigenvalue weighted by Gasteiger charge is -2.28. The number of rotatable bonds is 3. The molecule has 0 saturated carbocycles. The van der Waals surface area contributed by atoms with E-state index in [2.05, 4.69) is 5.32 Å². The predicted octanol–water partition coefficient (Wildman–Crippen LogP) is 3.60. The number of carbonyl (C=O) groups excluding carboxylic acids is 1. The van der Waals surface area contributed by atoms with Gasteiger partial charge in [0.15, 0.2) is 0 Å². The molecule has 120 valence electrons. The van der Waals surface area contributed by atoms with E-state index in [9.17, 15) is 9.18 Å². The molecule has 0 aromatic heterocycles. The lowest BCUT2D eigenvalue weighted by molar-refractivity contribution is 0.0538. The fourth-order valence-electron chi connectivity index (χ4n) is 2.31. The van der Waals surface area contributed by atoms with Gasteiger partial charge in [-0.2, -0.15) is 0 Å². The highest BCUT2D eigenvalue weighted by atomic mass is 19.1. The maximum absolute atomic E-state index is 14.2. The number of benzene rings is 1. The number of nitrogens with one attached hydrogen (secondary N) is 1. The zero-order valence-electron chi connectivity index (χ0n) is 13.4. The molecule has 1 amide bonds. The van der Waals surface area contributed by atoms with Gasteiger partial charge >= 0.3 is 6.09 Å². The molecule has 5 heteroatoms. The Bertz CT molecular complexity index is 550. The van der Waals surface area contributed by atoms with Gasteiger partial charge in [-0.3, -0.25) is 10.2 Å². The fraction of sp³-hybridized carbons (Fsp3) is 0.471. The largest absolute Gasteiger partial charge is 0.444 e. The second-order valence-corrected chi connectivity index (χ2v) is 6.46. The molecule has 0 fully saturated rings. The van der Waals surface area contributed by atoms with Crippen LogP contribution in [0.3, 0.4) is 0 Å². The van der Waals surface area contributed by atoms with Gasteiger partial charge < -0.3 is 4.74 Å². The first-order valence-corrected chi connectivity index (χ1v) is 7.47. The number of alkyl carbamates (subject to hydrolysis) is 1. The summed E-state index contributed by atoms with van der Waals surface area (Å²) in [5.74, 6) is -0.298. The summed E-state index contributed by atoms with van der Waals surface area (Å²) in [5.41, 5.74) is 0.896. The number of hydrogen-bond acceptors (Lipinski definition) is 3. The van der Waals surface area contributed by atoms with Crippen LogP contribution in [0.25, 0.3) is 0 Å². The molecule has 1 aliphatic rings. The van der Waals surface area contributed by atoms with Crippen LogP contribution in [0.4, 0.5) is 9.18 Å². The van der Waals surface area contributed by atoms with E-state index in [1.165, 1.54) is 0 Å². The zero-order valence-corrected chi connectivity index (χ0v) is 13.4. The Hall–Kier alpha value is -1.88. The molecule has 22 heavy (non-hydrogen) atoms. The predicted molar refractivity (Wildman–Crippen MR) is 83.8 cm³/mol. The number of nitrogens with zero attached hydrogens (tertiary/aromatic N) is 1. The van der Waals surface area contributed by atoms with Crippen molar-refractivity contribution < 1.29 is 13.9 Å². The molecule has 0 spiro atoms. The van der Waals surface area contributed by atoms with Gasteiger partial charge in [0.25, 0.3) is 0 Å². The van der Waals surface area contributed by atoms with Crippen LogP contribution in [0, 0.1) is 0 Å². The molecule has 1 N–H and O–H groups in total. The highest BCUT2D eigenvalue weighted by Gasteiger charge is 2.23. The van der Waals surface area contributed by atoms with E-state index in [0.717, 1.165) is 5.56 Å². The molecule has 4 nitrogen and oxygen atoms in total. The average molecular weight is 306 g/mol. The van der Waals surface area contributed by atoms with Crippen LogP contribution in [0.5, 0.6) is 0 Å². The number of hydrogen-bond donors (Lipinski definition) is 1. The van der Waals surface area contributed by atoms with Crippen molar-refractivity contribution in [3.63, 3.8) is 0 Å². The van der Waals surface area contributed by atoms with Gasteiger partial charge in [-0.25, -0.2) is 9.18 Å². The monoisotopic (exact) mass is 306 g/mol. The molecule has 0 aliphatic carbocycles. The van der Waals surface area contributed by atoms with Crippen LogP contribution in [0.15, 0.2) is 41.9 Å². The van der Waals surface area contributed by atoms with Crippen molar-refractivity contribution in [2.24, 2.45) is 0 Å². The third-order valence-corrected chi connectivity index (χ3v) is 3.27. The normalized spacial score (nSPS) is 16.5. The second kappa shape index (κ2) is 6.92. The van der Waals surface area contributed by atoms with E-state index in [0.29, 0.717) is 25.2 Å². The van der Waals surface area contributed by atoms with E-state index in [1.807, 2.05) is 35.2 Å². The Morgan fingerprint density at radius 3 is 2.59 bits per heavy atom. The first-order valence-electron chi connectivity index (χ1n) is 7.47. The molecule has 2 rings (SSSR count). The Labute approximate surface area is 131 Å². The molecule has 1 heterocycles. The zero-order chi connectivity index (χ0) is 16.2. The quantitative estimate of drug-likeness (QED) is 0.927. The molecule has 0 bridgehead atoms. The van der Waals surface area contributed by atoms with Gasteiger partial charge in [-0.1, -0.05) is 30.3 Å². The highest BCUT2D eigenvalue weighted by Crippen LogP contribution is 2.19. The maximum atomic E-state index is 14.2. The van der Waals surface area contributed by atoms with Crippen LogP contribution in [-0.2, 0) is 11.3 Å². The number of ether oxygens (including phenoxy) is 1. The summed E-state index contributed by atoms with van der Waals surface area (Å²) in [6.45, 7) is 6.95. The molecule has 1 aliphatic heterocycles. The van der Waals surface area contributed by atoms with Crippen molar-refractivity contribution in [2.75, 3.05) is 13.1 Å². The van der Waals surface area contributed by atoms with E-state index in [4.69, 9.17) is 4.74 Å². The maximum Gasteiger partial charge on any atom is 0.411 e. The third-order valence-electron chi connectivity index (χ3n) is 3.27. The van der Waals surface area contributed by atoms with Crippen molar-refractivity contribution in [3.8, 4) is 0 Å². The van der Waals surface area contributed by atoms with Gasteiger partial charge in [-0.05, 0) is 26.3 Å². The lowest BCUT2D eigenvalue weighted by Crippen LogP contribution is -2.37. The minimum absolute atomic E-state index is 0.208. The van der Waals surface area contributed by atoms with Gasteiger partial charge in [0, 0.05) is 19.5 Å². The van der Waals surface area contributed by atoms with Crippen molar-refractivity contribution in [2.45, 2.75) is 39.3 Å². The topological polar surface area (TPSA) is 41.6 Å². The van der Waals surface area contributed by atoms with E-state index < -0.39 is 11.7 Å². The summed E-state index contributed by atoms with van der Waals surface area (Å²) in [4.78, 5) is 13.7. The average Bonchev–Trinajstić information content (AvgIpc) is 2.41. The summed E-state index contributed by atoms with van der Waals surface area (Å²) in [6, 6.07) is 9.96. The number of amides is 1.